The molecular formula is C16H33N3. The summed E-state index contributed by atoms with van der Waals surface area (Å²) in [6, 6.07) is 0. The SMILES string of the molecule is CCCC(C)(CNC)CN1CCN(CC2CC2)CC1. The molecule has 1 atom stereocenters. The second-order valence-electron chi connectivity index (χ2n) is 7.11. The predicted molar refractivity (Wildman–Crippen MR) is 82.5 cm³/mol. The second kappa shape index (κ2) is 7.05. The summed E-state index contributed by atoms with van der Waals surface area (Å²) in [7, 11) is 2.08. The van der Waals surface area contributed by atoms with Gasteiger partial charge in [-0.25, -0.2) is 0 Å². The van der Waals surface area contributed by atoms with Gasteiger partial charge in [0.2, 0.25) is 0 Å². The van der Waals surface area contributed by atoms with Crippen molar-refractivity contribution in [2.24, 2.45) is 11.3 Å². The third kappa shape index (κ3) is 5.05. The Balaban J connectivity index is 1.72. The molecule has 19 heavy (non-hydrogen) atoms. The summed E-state index contributed by atoms with van der Waals surface area (Å²) in [6.07, 6.45) is 5.59. The molecule has 0 radical (unpaired) electrons. The first kappa shape index (κ1) is 15.3. The zero-order chi connectivity index (χ0) is 13.7. The summed E-state index contributed by atoms with van der Waals surface area (Å²) < 4.78 is 0. The van der Waals surface area contributed by atoms with E-state index in [1.54, 1.807) is 0 Å². The zero-order valence-corrected chi connectivity index (χ0v) is 13.2. The monoisotopic (exact) mass is 267 g/mol. The Morgan fingerprint density at radius 3 is 2.26 bits per heavy atom. The normalized spacial score (nSPS) is 25.4. The first-order valence-electron chi connectivity index (χ1n) is 8.24. The van der Waals surface area contributed by atoms with Gasteiger partial charge in [0, 0.05) is 45.8 Å². The van der Waals surface area contributed by atoms with E-state index in [2.05, 4.69) is 36.0 Å². The quantitative estimate of drug-likeness (QED) is 0.726. The molecule has 0 amide bonds. The minimum absolute atomic E-state index is 0.447. The summed E-state index contributed by atoms with van der Waals surface area (Å²) in [5.41, 5.74) is 0.447. The van der Waals surface area contributed by atoms with Crippen LogP contribution in [-0.4, -0.2) is 62.7 Å². The smallest absolute Gasteiger partial charge is 0.0110 e. The fraction of sp³-hybridized carbons (Fsp3) is 1.00. The third-order valence-electron chi connectivity index (χ3n) is 4.74. The van der Waals surface area contributed by atoms with Gasteiger partial charge in [0.25, 0.3) is 0 Å². The van der Waals surface area contributed by atoms with Crippen LogP contribution in [0.4, 0.5) is 0 Å². The molecule has 1 unspecified atom stereocenters. The fourth-order valence-electron chi connectivity index (χ4n) is 3.59. The van der Waals surface area contributed by atoms with Crippen LogP contribution in [0.3, 0.4) is 0 Å². The van der Waals surface area contributed by atoms with E-state index in [1.165, 1.54) is 65.0 Å². The molecule has 0 bridgehead atoms. The molecule has 0 aromatic heterocycles. The molecule has 1 saturated carbocycles. The lowest BCUT2D eigenvalue weighted by molar-refractivity contribution is 0.0845. The van der Waals surface area contributed by atoms with Crippen molar-refractivity contribution in [2.45, 2.75) is 39.5 Å². The van der Waals surface area contributed by atoms with Crippen LogP contribution >= 0.6 is 0 Å². The topological polar surface area (TPSA) is 18.5 Å². The van der Waals surface area contributed by atoms with Crippen molar-refractivity contribution in [3.63, 3.8) is 0 Å². The highest BCUT2D eigenvalue weighted by atomic mass is 15.3. The third-order valence-corrected chi connectivity index (χ3v) is 4.74. The second-order valence-corrected chi connectivity index (χ2v) is 7.11. The molecule has 0 aromatic rings. The molecule has 1 aliphatic heterocycles. The van der Waals surface area contributed by atoms with E-state index in [4.69, 9.17) is 0 Å². The molecule has 0 aromatic carbocycles. The molecule has 112 valence electrons. The minimum Gasteiger partial charge on any atom is -0.319 e. The van der Waals surface area contributed by atoms with Crippen molar-refractivity contribution in [1.29, 1.82) is 0 Å². The molecule has 2 rings (SSSR count). The van der Waals surface area contributed by atoms with Crippen LogP contribution in [0.5, 0.6) is 0 Å². The van der Waals surface area contributed by atoms with Crippen LogP contribution in [0.25, 0.3) is 0 Å². The van der Waals surface area contributed by atoms with Crippen LogP contribution < -0.4 is 5.32 Å². The molecule has 2 fully saturated rings. The van der Waals surface area contributed by atoms with E-state index in [-0.39, 0.29) is 0 Å². The minimum atomic E-state index is 0.447. The Bertz CT molecular complexity index is 249. The fourth-order valence-corrected chi connectivity index (χ4v) is 3.59. The Labute approximate surface area is 119 Å². The first-order chi connectivity index (χ1) is 9.15. The van der Waals surface area contributed by atoms with Crippen LogP contribution in [0.15, 0.2) is 0 Å². The maximum absolute atomic E-state index is 3.39. The van der Waals surface area contributed by atoms with Gasteiger partial charge in [0.1, 0.15) is 0 Å². The summed E-state index contributed by atoms with van der Waals surface area (Å²) in [5.74, 6) is 1.04. The van der Waals surface area contributed by atoms with Crippen LogP contribution in [-0.2, 0) is 0 Å². The van der Waals surface area contributed by atoms with Gasteiger partial charge in [0.05, 0.1) is 0 Å². The van der Waals surface area contributed by atoms with E-state index in [9.17, 15) is 0 Å². The Morgan fingerprint density at radius 2 is 1.74 bits per heavy atom. The summed E-state index contributed by atoms with van der Waals surface area (Å²) >= 11 is 0. The Kier molecular flexibility index (Phi) is 5.67. The van der Waals surface area contributed by atoms with Crippen LogP contribution in [0.2, 0.25) is 0 Å². The van der Waals surface area contributed by atoms with Crippen molar-refractivity contribution in [2.75, 3.05) is 52.9 Å². The standard InChI is InChI=1S/C16H33N3/c1-4-7-16(2,13-17-3)14-19-10-8-18(9-11-19)12-15-5-6-15/h15,17H,4-14H2,1-3H3. The van der Waals surface area contributed by atoms with Gasteiger partial charge in [0.15, 0.2) is 0 Å². The molecule has 0 spiro atoms. The van der Waals surface area contributed by atoms with E-state index in [1.807, 2.05) is 0 Å². The van der Waals surface area contributed by atoms with Gasteiger partial charge in [-0.3, -0.25) is 0 Å². The van der Waals surface area contributed by atoms with Gasteiger partial charge in [-0.1, -0.05) is 20.3 Å². The van der Waals surface area contributed by atoms with Gasteiger partial charge in [-0.15, -0.1) is 0 Å². The highest BCUT2D eigenvalue weighted by Gasteiger charge is 2.29. The summed E-state index contributed by atoms with van der Waals surface area (Å²) in [4.78, 5) is 5.37. The highest BCUT2D eigenvalue weighted by Crippen LogP contribution is 2.30. The average Bonchev–Trinajstić information content (AvgIpc) is 3.16. The van der Waals surface area contributed by atoms with Crippen molar-refractivity contribution < 1.29 is 0 Å². The molecule has 1 heterocycles. The number of piperazine rings is 1. The lowest BCUT2D eigenvalue weighted by atomic mass is 9.84. The summed E-state index contributed by atoms with van der Waals surface area (Å²) in [6.45, 7) is 13.7. The molecule has 3 heteroatoms. The van der Waals surface area contributed by atoms with Crippen LogP contribution in [0, 0.1) is 11.3 Å². The van der Waals surface area contributed by atoms with Gasteiger partial charge in [-0.05, 0) is 37.6 Å². The summed E-state index contributed by atoms with van der Waals surface area (Å²) in [5, 5.41) is 3.39. The maximum atomic E-state index is 3.39. The van der Waals surface area contributed by atoms with Crippen molar-refractivity contribution >= 4 is 0 Å². The van der Waals surface area contributed by atoms with E-state index in [0.717, 1.165) is 12.5 Å². The number of hydrogen-bond acceptors (Lipinski definition) is 3. The van der Waals surface area contributed by atoms with E-state index < -0.39 is 0 Å². The molecule has 1 aliphatic carbocycles. The molecule has 3 nitrogen and oxygen atoms in total. The van der Waals surface area contributed by atoms with Crippen molar-refractivity contribution in [3.05, 3.63) is 0 Å². The van der Waals surface area contributed by atoms with Crippen LogP contribution in [0.1, 0.15) is 39.5 Å². The van der Waals surface area contributed by atoms with Gasteiger partial charge in [-0.2, -0.15) is 0 Å². The number of nitrogens with one attached hydrogen (secondary N) is 1. The van der Waals surface area contributed by atoms with Crippen molar-refractivity contribution in [1.82, 2.24) is 15.1 Å². The first-order valence-corrected chi connectivity index (χ1v) is 8.24. The Hall–Kier alpha value is -0.120. The van der Waals surface area contributed by atoms with Gasteiger partial charge < -0.3 is 15.1 Å². The highest BCUT2D eigenvalue weighted by molar-refractivity contribution is 4.84. The maximum Gasteiger partial charge on any atom is 0.0110 e. The number of nitrogens with zero attached hydrogens (tertiary/aromatic N) is 2. The largest absolute Gasteiger partial charge is 0.319 e. The van der Waals surface area contributed by atoms with E-state index in [0.29, 0.717) is 5.41 Å². The number of rotatable bonds is 8. The Morgan fingerprint density at radius 1 is 1.11 bits per heavy atom. The molecule has 1 saturated heterocycles. The number of hydrogen-bond donors (Lipinski definition) is 1. The average molecular weight is 267 g/mol. The lowest BCUT2D eigenvalue weighted by Crippen LogP contribution is -2.51. The van der Waals surface area contributed by atoms with Gasteiger partial charge >= 0.3 is 0 Å². The molecule has 2 aliphatic rings. The molecule has 1 N–H and O–H groups in total. The van der Waals surface area contributed by atoms with Crippen molar-refractivity contribution in [3.8, 4) is 0 Å². The van der Waals surface area contributed by atoms with E-state index >= 15 is 0 Å². The predicted octanol–water partition coefficient (Wildman–Crippen LogP) is 2.04. The lowest BCUT2D eigenvalue weighted by Gasteiger charge is -2.40. The zero-order valence-electron chi connectivity index (χ0n) is 13.2. The molecular weight excluding hydrogens is 234 g/mol.